The molecule has 1 saturated carbocycles. The number of fused-ring (bicyclic) bond motifs is 1. The van der Waals surface area contributed by atoms with Crippen LogP contribution >= 0.6 is 0 Å². The molecule has 15 heavy (non-hydrogen) atoms. The van der Waals surface area contributed by atoms with Crippen LogP contribution in [-0.2, 0) is 11.3 Å². The Kier molecular flexibility index (Phi) is 2.10. The molecular weight excluding hydrogens is 192 g/mol. The summed E-state index contributed by atoms with van der Waals surface area (Å²) in [7, 11) is 0. The van der Waals surface area contributed by atoms with E-state index in [-0.39, 0.29) is 0 Å². The summed E-state index contributed by atoms with van der Waals surface area (Å²) in [5.74, 6) is 0. The molecule has 1 aliphatic carbocycles. The van der Waals surface area contributed by atoms with E-state index in [0.717, 1.165) is 11.3 Å². The largest absolute Gasteiger partial charge is 0.372 e. The van der Waals surface area contributed by atoms with Gasteiger partial charge >= 0.3 is 0 Å². The van der Waals surface area contributed by atoms with E-state index in [1.165, 1.54) is 19.3 Å². The van der Waals surface area contributed by atoms with Crippen LogP contribution in [0.2, 0.25) is 0 Å². The van der Waals surface area contributed by atoms with Gasteiger partial charge in [-0.2, -0.15) is 4.52 Å². The van der Waals surface area contributed by atoms with Gasteiger partial charge in [-0.25, -0.2) is 0 Å². The van der Waals surface area contributed by atoms with Crippen molar-refractivity contribution in [2.75, 3.05) is 0 Å². The second-order valence-electron chi connectivity index (χ2n) is 3.83. The second kappa shape index (κ2) is 3.58. The molecule has 0 saturated heterocycles. The lowest BCUT2D eigenvalue weighted by molar-refractivity contribution is -0.0108. The maximum atomic E-state index is 5.73. The maximum Gasteiger partial charge on any atom is 0.179 e. The highest BCUT2D eigenvalue weighted by Gasteiger charge is 2.18. The molecule has 0 unspecified atom stereocenters. The van der Waals surface area contributed by atoms with E-state index in [2.05, 4.69) is 15.5 Å². The highest BCUT2D eigenvalue weighted by molar-refractivity contribution is 5.36. The molecule has 0 atom stereocenters. The van der Waals surface area contributed by atoms with Crippen LogP contribution in [0.15, 0.2) is 18.2 Å². The number of nitrogens with zero attached hydrogens (tertiary/aromatic N) is 4. The summed E-state index contributed by atoms with van der Waals surface area (Å²) in [4.78, 5) is 0. The third-order valence-electron chi connectivity index (χ3n) is 2.82. The van der Waals surface area contributed by atoms with Gasteiger partial charge in [0.15, 0.2) is 5.65 Å². The summed E-state index contributed by atoms with van der Waals surface area (Å²) >= 11 is 0. The molecule has 1 aliphatic rings. The van der Waals surface area contributed by atoms with Crippen molar-refractivity contribution in [1.82, 2.24) is 20.0 Å². The standard InChI is InChI=1S/C10H12N4O/c1-3-8(7-15-9-4-2-5-9)14-10(6-1)11-12-13-14/h1,3,6,9H,2,4-5,7H2. The topological polar surface area (TPSA) is 52.3 Å². The van der Waals surface area contributed by atoms with Crippen LogP contribution in [0.4, 0.5) is 0 Å². The summed E-state index contributed by atoms with van der Waals surface area (Å²) in [5.41, 5.74) is 1.77. The highest BCUT2D eigenvalue weighted by atomic mass is 16.5. The Morgan fingerprint density at radius 3 is 3.13 bits per heavy atom. The minimum absolute atomic E-state index is 0.441. The zero-order valence-corrected chi connectivity index (χ0v) is 8.33. The molecule has 5 heteroatoms. The van der Waals surface area contributed by atoms with Crippen molar-refractivity contribution in [3.63, 3.8) is 0 Å². The summed E-state index contributed by atoms with van der Waals surface area (Å²) in [6.45, 7) is 0.590. The number of aromatic nitrogens is 4. The van der Waals surface area contributed by atoms with Crippen LogP contribution in [0.3, 0.4) is 0 Å². The average Bonchev–Trinajstić information content (AvgIpc) is 2.63. The van der Waals surface area contributed by atoms with Crippen molar-refractivity contribution >= 4 is 5.65 Å². The van der Waals surface area contributed by atoms with Crippen LogP contribution in [0, 0.1) is 0 Å². The van der Waals surface area contributed by atoms with Crippen LogP contribution in [0.1, 0.15) is 25.0 Å². The fraction of sp³-hybridized carbons (Fsp3) is 0.500. The Labute approximate surface area is 87.0 Å². The highest BCUT2D eigenvalue weighted by Crippen LogP contribution is 2.22. The predicted octanol–water partition coefficient (Wildman–Crippen LogP) is 1.19. The third-order valence-corrected chi connectivity index (χ3v) is 2.82. The lowest BCUT2D eigenvalue weighted by Crippen LogP contribution is -2.21. The SMILES string of the molecule is c1cc(COC2CCC2)n2nnnc2c1. The summed E-state index contributed by atoms with van der Waals surface area (Å²) in [6.07, 6.45) is 4.11. The Morgan fingerprint density at radius 2 is 2.33 bits per heavy atom. The van der Waals surface area contributed by atoms with E-state index < -0.39 is 0 Å². The molecule has 0 bridgehead atoms. The van der Waals surface area contributed by atoms with Crippen molar-refractivity contribution in [2.45, 2.75) is 32.0 Å². The Balaban J connectivity index is 1.80. The lowest BCUT2D eigenvalue weighted by Gasteiger charge is -2.25. The molecule has 0 aliphatic heterocycles. The first-order valence-electron chi connectivity index (χ1n) is 5.21. The Hall–Kier alpha value is -1.49. The summed E-state index contributed by atoms with van der Waals surface area (Å²) in [5, 5.41) is 11.4. The van der Waals surface area contributed by atoms with Crippen molar-refractivity contribution in [3.05, 3.63) is 23.9 Å². The minimum Gasteiger partial charge on any atom is -0.372 e. The summed E-state index contributed by atoms with van der Waals surface area (Å²) in [6, 6.07) is 5.82. The lowest BCUT2D eigenvalue weighted by atomic mass is 9.96. The summed E-state index contributed by atoms with van der Waals surface area (Å²) < 4.78 is 7.45. The normalized spacial score (nSPS) is 16.8. The molecule has 2 heterocycles. The van der Waals surface area contributed by atoms with Gasteiger partial charge in [-0.3, -0.25) is 0 Å². The zero-order valence-electron chi connectivity index (χ0n) is 8.33. The van der Waals surface area contributed by atoms with Crippen LogP contribution < -0.4 is 0 Å². The monoisotopic (exact) mass is 204 g/mol. The molecule has 0 radical (unpaired) electrons. The van der Waals surface area contributed by atoms with E-state index in [1.54, 1.807) is 4.52 Å². The van der Waals surface area contributed by atoms with Crippen molar-refractivity contribution in [1.29, 1.82) is 0 Å². The first-order chi connectivity index (χ1) is 7.43. The van der Waals surface area contributed by atoms with E-state index in [0.29, 0.717) is 12.7 Å². The minimum atomic E-state index is 0.441. The van der Waals surface area contributed by atoms with Crippen LogP contribution in [-0.4, -0.2) is 26.1 Å². The van der Waals surface area contributed by atoms with Crippen LogP contribution in [0.5, 0.6) is 0 Å². The molecule has 5 nitrogen and oxygen atoms in total. The predicted molar refractivity (Wildman–Crippen MR) is 53.2 cm³/mol. The van der Waals surface area contributed by atoms with Gasteiger partial charge < -0.3 is 4.74 Å². The zero-order chi connectivity index (χ0) is 10.1. The molecule has 0 N–H and O–H groups in total. The van der Waals surface area contributed by atoms with Crippen molar-refractivity contribution in [2.24, 2.45) is 0 Å². The Morgan fingerprint density at radius 1 is 1.40 bits per heavy atom. The first kappa shape index (κ1) is 8.79. The quantitative estimate of drug-likeness (QED) is 0.753. The molecule has 0 aromatic carbocycles. The number of pyridine rings is 1. The molecule has 0 spiro atoms. The molecule has 78 valence electrons. The van der Waals surface area contributed by atoms with E-state index in [1.807, 2.05) is 18.2 Å². The van der Waals surface area contributed by atoms with Gasteiger partial charge in [0.05, 0.1) is 18.4 Å². The molecular formula is C10H12N4O. The fourth-order valence-corrected chi connectivity index (χ4v) is 1.67. The van der Waals surface area contributed by atoms with Gasteiger partial charge in [-0.05, 0) is 41.8 Å². The van der Waals surface area contributed by atoms with Gasteiger partial charge in [-0.15, -0.1) is 5.10 Å². The fourth-order valence-electron chi connectivity index (χ4n) is 1.67. The molecule has 0 amide bonds. The first-order valence-corrected chi connectivity index (χ1v) is 5.21. The van der Waals surface area contributed by atoms with Gasteiger partial charge in [0.2, 0.25) is 0 Å². The maximum absolute atomic E-state index is 5.73. The number of ether oxygens (including phenoxy) is 1. The van der Waals surface area contributed by atoms with Gasteiger partial charge in [0.25, 0.3) is 0 Å². The number of hydrogen-bond donors (Lipinski definition) is 0. The third kappa shape index (κ3) is 1.59. The van der Waals surface area contributed by atoms with E-state index >= 15 is 0 Å². The number of rotatable bonds is 3. The average molecular weight is 204 g/mol. The van der Waals surface area contributed by atoms with Gasteiger partial charge in [-0.1, -0.05) is 6.07 Å². The molecule has 1 fully saturated rings. The molecule has 2 aromatic heterocycles. The smallest absolute Gasteiger partial charge is 0.179 e. The molecule has 2 aromatic rings. The van der Waals surface area contributed by atoms with Gasteiger partial charge in [0, 0.05) is 0 Å². The van der Waals surface area contributed by atoms with Crippen LogP contribution in [0.25, 0.3) is 5.65 Å². The number of hydrogen-bond acceptors (Lipinski definition) is 4. The Bertz CT molecular complexity index is 463. The van der Waals surface area contributed by atoms with Crippen molar-refractivity contribution < 1.29 is 4.74 Å². The van der Waals surface area contributed by atoms with Gasteiger partial charge in [0.1, 0.15) is 0 Å². The van der Waals surface area contributed by atoms with Crippen molar-refractivity contribution in [3.8, 4) is 0 Å². The second-order valence-corrected chi connectivity index (χ2v) is 3.83. The van der Waals surface area contributed by atoms with E-state index in [9.17, 15) is 0 Å². The molecule has 3 rings (SSSR count). The van der Waals surface area contributed by atoms with E-state index in [4.69, 9.17) is 4.74 Å². The number of tetrazole rings is 1.